The number of ether oxygens (including phenoxy) is 2. The molecule has 4 aliphatic rings. The van der Waals surface area contributed by atoms with Gasteiger partial charge in [0.15, 0.2) is 0 Å². The lowest BCUT2D eigenvalue weighted by molar-refractivity contribution is -0.146. The lowest BCUT2D eigenvalue weighted by Gasteiger charge is -2.44. The first-order valence-electron chi connectivity index (χ1n) is 25.4. The van der Waals surface area contributed by atoms with Crippen molar-refractivity contribution < 1.29 is 19.1 Å². The summed E-state index contributed by atoms with van der Waals surface area (Å²) in [5, 5.41) is 0. The minimum atomic E-state index is -0.301. The van der Waals surface area contributed by atoms with Crippen LogP contribution in [0.25, 0.3) is 0 Å². The minimum absolute atomic E-state index is 0.0271. The van der Waals surface area contributed by atoms with E-state index >= 15 is 0 Å². The van der Waals surface area contributed by atoms with Crippen molar-refractivity contribution in [2.45, 2.75) is 233 Å². The molecule has 4 nitrogen and oxygen atoms in total. The van der Waals surface area contributed by atoms with E-state index in [1.807, 2.05) is 0 Å². The standard InChI is InChI=1S/C52H92O4/c1-5-9-12-15-19-24-29-43-34-33-42(28-23-14-11-7-3)46(30-25-20-16-13-10-6-2)47(43)31-26-21-17-18-22-27-32-52(54)56-40-45-37-44-38-49(45)50-36-41(35-48(44)50)39-55-51(53)8-4/h8,41-50H,4-7,9-40H2,1-3H3. The maximum Gasteiger partial charge on any atom is 0.330 e. The normalized spacial score (nSPS) is 29.4. The Hall–Kier alpha value is -1.32. The fourth-order valence-corrected chi connectivity index (χ4v) is 12.9. The molecule has 4 heteroatoms. The molecule has 0 aromatic heterocycles. The van der Waals surface area contributed by atoms with Gasteiger partial charge in [-0.2, -0.15) is 0 Å². The molecule has 0 spiro atoms. The van der Waals surface area contributed by atoms with Crippen LogP contribution in [0, 0.1) is 59.2 Å². The molecular weight excluding hydrogens is 689 g/mol. The van der Waals surface area contributed by atoms with Gasteiger partial charge in [0.05, 0.1) is 13.2 Å². The van der Waals surface area contributed by atoms with Gasteiger partial charge in [0.2, 0.25) is 0 Å². The summed E-state index contributed by atoms with van der Waals surface area (Å²) >= 11 is 0. The topological polar surface area (TPSA) is 52.6 Å². The zero-order valence-corrected chi connectivity index (χ0v) is 37.4. The first kappa shape index (κ1) is 47.4. The third-order valence-corrected chi connectivity index (χ3v) is 15.9. The number of fused-ring (bicyclic) bond motifs is 5. The highest BCUT2D eigenvalue weighted by Crippen LogP contribution is 2.62. The van der Waals surface area contributed by atoms with Crippen molar-refractivity contribution in [2.24, 2.45) is 59.2 Å². The van der Waals surface area contributed by atoms with E-state index in [2.05, 4.69) is 27.4 Å². The minimum Gasteiger partial charge on any atom is -0.465 e. The zero-order valence-electron chi connectivity index (χ0n) is 37.4. The van der Waals surface area contributed by atoms with E-state index in [1.165, 1.54) is 199 Å². The Morgan fingerprint density at radius 2 is 0.982 bits per heavy atom. The van der Waals surface area contributed by atoms with E-state index in [0.29, 0.717) is 37.4 Å². The highest BCUT2D eigenvalue weighted by atomic mass is 16.5. The van der Waals surface area contributed by atoms with E-state index in [9.17, 15) is 9.59 Å². The van der Waals surface area contributed by atoms with Crippen LogP contribution < -0.4 is 0 Å². The summed E-state index contributed by atoms with van der Waals surface area (Å²) in [4.78, 5) is 24.3. The van der Waals surface area contributed by atoms with Crippen molar-refractivity contribution in [3.63, 3.8) is 0 Å². The number of hydrogen-bond donors (Lipinski definition) is 0. The van der Waals surface area contributed by atoms with Gasteiger partial charge in [-0.25, -0.2) is 4.79 Å². The van der Waals surface area contributed by atoms with Gasteiger partial charge in [0.1, 0.15) is 0 Å². The van der Waals surface area contributed by atoms with Crippen molar-refractivity contribution in [1.82, 2.24) is 0 Å². The molecule has 4 saturated carbocycles. The van der Waals surface area contributed by atoms with Gasteiger partial charge in [-0.3, -0.25) is 4.79 Å². The molecule has 0 N–H and O–H groups in total. The summed E-state index contributed by atoms with van der Waals surface area (Å²) in [6.07, 6.45) is 46.2. The Labute approximate surface area is 347 Å². The summed E-state index contributed by atoms with van der Waals surface area (Å²) in [6.45, 7) is 11.7. The van der Waals surface area contributed by atoms with Crippen molar-refractivity contribution in [3.8, 4) is 0 Å². The van der Waals surface area contributed by atoms with Gasteiger partial charge in [-0.15, -0.1) is 0 Å². The smallest absolute Gasteiger partial charge is 0.330 e. The number of carbonyl (C=O) groups excluding carboxylic acids is 2. The van der Waals surface area contributed by atoms with E-state index in [1.54, 1.807) is 0 Å². The summed E-state index contributed by atoms with van der Waals surface area (Å²) < 4.78 is 11.3. The SMILES string of the molecule is C=CC(=O)OCC1CC2C3CC(COC(=O)CCCCCCCCC4C(CCCCCCCC)CCC(CCCCCC)C4CCCCCCCC)C(C3)C2C1. The van der Waals surface area contributed by atoms with Crippen molar-refractivity contribution in [1.29, 1.82) is 0 Å². The maximum absolute atomic E-state index is 12.8. The van der Waals surface area contributed by atoms with E-state index in [-0.39, 0.29) is 11.9 Å². The molecule has 4 fully saturated rings. The Morgan fingerprint density at radius 1 is 0.500 bits per heavy atom. The Bertz CT molecular complexity index is 1050. The molecule has 0 radical (unpaired) electrons. The highest BCUT2D eigenvalue weighted by Gasteiger charge is 2.56. The molecule has 56 heavy (non-hydrogen) atoms. The number of unbranched alkanes of at least 4 members (excludes halogenated alkanes) is 18. The summed E-state index contributed by atoms with van der Waals surface area (Å²) in [5.41, 5.74) is 0. The monoisotopic (exact) mass is 781 g/mol. The predicted molar refractivity (Wildman–Crippen MR) is 236 cm³/mol. The quantitative estimate of drug-likeness (QED) is 0.0378. The largest absolute Gasteiger partial charge is 0.465 e. The van der Waals surface area contributed by atoms with Crippen LogP contribution in [0.3, 0.4) is 0 Å². The zero-order chi connectivity index (χ0) is 39.8. The molecule has 0 aliphatic heterocycles. The molecule has 0 saturated heterocycles. The van der Waals surface area contributed by atoms with Crippen LogP contribution in [0.5, 0.6) is 0 Å². The second-order valence-corrected chi connectivity index (χ2v) is 19.9. The fraction of sp³-hybridized carbons (Fsp3) is 0.923. The van der Waals surface area contributed by atoms with Crippen molar-refractivity contribution in [3.05, 3.63) is 12.7 Å². The average molecular weight is 781 g/mol. The predicted octanol–water partition coefficient (Wildman–Crippen LogP) is 15.4. The van der Waals surface area contributed by atoms with E-state index in [0.717, 1.165) is 54.3 Å². The molecule has 10 unspecified atom stereocenters. The van der Waals surface area contributed by atoms with Gasteiger partial charge in [-0.1, -0.05) is 175 Å². The molecule has 0 aromatic rings. The van der Waals surface area contributed by atoms with Gasteiger partial charge in [-0.05, 0) is 117 Å². The third kappa shape index (κ3) is 16.4. The highest BCUT2D eigenvalue weighted by molar-refractivity contribution is 5.81. The van der Waals surface area contributed by atoms with Gasteiger partial charge in [0, 0.05) is 12.5 Å². The Balaban J connectivity index is 1.14. The molecule has 10 atom stereocenters. The van der Waals surface area contributed by atoms with E-state index in [4.69, 9.17) is 9.47 Å². The lowest BCUT2D eigenvalue weighted by Crippen LogP contribution is -2.35. The van der Waals surface area contributed by atoms with Crippen molar-refractivity contribution >= 4 is 11.9 Å². The fourth-order valence-electron chi connectivity index (χ4n) is 12.9. The van der Waals surface area contributed by atoms with Gasteiger partial charge >= 0.3 is 11.9 Å². The second-order valence-electron chi connectivity index (χ2n) is 19.9. The third-order valence-electron chi connectivity index (χ3n) is 15.9. The number of carbonyl (C=O) groups is 2. The molecule has 0 heterocycles. The van der Waals surface area contributed by atoms with E-state index < -0.39 is 0 Å². The summed E-state index contributed by atoms with van der Waals surface area (Å²) in [6, 6.07) is 0. The number of rotatable bonds is 33. The first-order valence-corrected chi connectivity index (χ1v) is 25.4. The van der Waals surface area contributed by atoms with Crippen LogP contribution in [0.2, 0.25) is 0 Å². The first-order chi connectivity index (χ1) is 27.5. The van der Waals surface area contributed by atoms with Crippen LogP contribution >= 0.6 is 0 Å². The second kappa shape index (κ2) is 28.2. The molecular formula is C52H92O4. The summed E-state index contributed by atoms with van der Waals surface area (Å²) in [7, 11) is 0. The van der Waals surface area contributed by atoms with Crippen LogP contribution in [0.15, 0.2) is 12.7 Å². The molecule has 324 valence electrons. The average Bonchev–Trinajstić information content (AvgIpc) is 3.92. The molecule has 0 amide bonds. The molecule has 0 aromatic carbocycles. The lowest BCUT2D eigenvalue weighted by atomic mass is 9.61. The Morgan fingerprint density at radius 3 is 1.54 bits per heavy atom. The Kier molecular flexibility index (Phi) is 23.9. The maximum atomic E-state index is 12.8. The molecule has 4 rings (SSSR count). The summed E-state index contributed by atoms with van der Waals surface area (Å²) in [5.74, 6) is 7.68. The van der Waals surface area contributed by atoms with Crippen LogP contribution in [0.1, 0.15) is 233 Å². The molecule has 2 bridgehead atoms. The van der Waals surface area contributed by atoms with Crippen LogP contribution in [-0.2, 0) is 19.1 Å². The van der Waals surface area contributed by atoms with Crippen LogP contribution in [-0.4, -0.2) is 25.2 Å². The number of hydrogen-bond acceptors (Lipinski definition) is 4. The molecule has 4 aliphatic carbocycles. The van der Waals surface area contributed by atoms with Crippen molar-refractivity contribution in [2.75, 3.05) is 13.2 Å². The van der Waals surface area contributed by atoms with Gasteiger partial charge in [0.25, 0.3) is 0 Å². The van der Waals surface area contributed by atoms with Gasteiger partial charge < -0.3 is 9.47 Å². The van der Waals surface area contributed by atoms with Crippen LogP contribution in [0.4, 0.5) is 0 Å². The number of esters is 2.